The quantitative estimate of drug-likeness (QED) is 0.186. The van der Waals surface area contributed by atoms with Crippen molar-refractivity contribution in [3.63, 3.8) is 0 Å². The molecule has 3 N–H and O–H groups in total. The molecule has 0 heterocycles. The van der Waals surface area contributed by atoms with Crippen LogP contribution in [0.15, 0.2) is 68.6 Å². The van der Waals surface area contributed by atoms with Gasteiger partial charge in [-0.05, 0) is 30.3 Å². The first-order valence-corrected chi connectivity index (χ1v) is 13.9. The number of hydrogen-bond acceptors (Lipinski definition) is 11. The van der Waals surface area contributed by atoms with Crippen LogP contribution >= 0.6 is 0 Å². The molecular weight excluding hydrogens is 574 g/mol. The van der Waals surface area contributed by atoms with E-state index in [4.69, 9.17) is 9.29 Å². The van der Waals surface area contributed by atoms with Gasteiger partial charge in [0.05, 0.1) is 24.4 Å². The van der Waals surface area contributed by atoms with Gasteiger partial charge in [0.1, 0.15) is 22.0 Å². The van der Waals surface area contributed by atoms with E-state index < -0.39 is 53.4 Å². The number of ether oxygens (including phenoxy) is 1. The van der Waals surface area contributed by atoms with E-state index in [0.29, 0.717) is 0 Å². The summed E-state index contributed by atoms with van der Waals surface area (Å²) in [7, 11) is -12.1. The van der Waals surface area contributed by atoms with Crippen molar-refractivity contribution < 1.29 is 48.4 Å². The van der Waals surface area contributed by atoms with Crippen LogP contribution in [0.1, 0.15) is 0 Å². The minimum absolute atomic E-state index is 0. The molecule has 3 aromatic rings. The van der Waals surface area contributed by atoms with Crippen LogP contribution in [0.2, 0.25) is 0 Å². The van der Waals surface area contributed by atoms with E-state index in [1.54, 1.807) is 0 Å². The maximum Gasteiger partial charge on any atom is 0.397 e. The maximum atomic E-state index is 12.5. The van der Waals surface area contributed by atoms with Crippen molar-refractivity contribution in [2.45, 2.75) is 9.79 Å². The third kappa shape index (κ3) is 8.67. The Bertz CT molecular complexity index is 1640. The molecule has 18 heteroatoms. The predicted molar refractivity (Wildman–Crippen MR) is 134 cm³/mol. The summed E-state index contributed by atoms with van der Waals surface area (Å²) in [5.41, 5.74) is -0.155. The maximum absolute atomic E-state index is 12.5. The second-order valence-electron chi connectivity index (χ2n) is 6.86. The van der Waals surface area contributed by atoms with Crippen LogP contribution in [0.5, 0.6) is 11.5 Å². The number of phenols is 1. The Morgan fingerprint density at radius 3 is 2.08 bits per heavy atom. The molecule has 37 heavy (non-hydrogen) atoms. The summed E-state index contributed by atoms with van der Waals surface area (Å²) in [5, 5.41) is 18.5. The molecule has 3 rings (SSSR count). The summed E-state index contributed by atoms with van der Waals surface area (Å²) < 4.78 is 96.5. The number of benzene rings is 3. The van der Waals surface area contributed by atoms with Crippen molar-refractivity contribution in [3.8, 4) is 11.5 Å². The molecular formula is C19H18N2Na2O11S3. The average molecular weight is 593 g/mol. The van der Waals surface area contributed by atoms with Gasteiger partial charge in [-0.1, -0.05) is 18.2 Å². The number of phenolic OH excluding ortho intramolecular Hbond substituents is 1. The Hall–Kier alpha value is -1.15. The zero-order chi connectivity index (χ0) is 26.0. The summed E-state index contributed by atoms with van der Waals surface area (Å²) in [6, 6.07) is 10.00. The zero-order valence-electron chi connectivity index (χ0n) is 19.8. The summed E-state index contributed by atoms with van der Waals surface area (Å²) in [5.74, 6) is -1.09. The van der Waals surface area contributed by atoms with Crippen LogP contribution in [0.3, 0.4) is 0 Å². The third-order valence-electron chi connectivity index (χ3n) is 4.61. The van der Waals surface area contributed by atoms with Crippen molar-refractivity contribution in [2.75, 3.05) is 19.5 Å². The molecule has 2 radical (unpaired) electrons. The van der Waals surface area contributed by atoms with Gasteiger partial charge in [0.15, 0.2) is 15.6 Å². The summed E-state index contributed by atoms with van der Waals surface area (Å²) in [4.78, 5) is -0.682. The summed E-state index contributed by atoms with van der Waals surface area (Å²) >= 11 is 0. The molecule has 0 saturated heterocycles. The standard InChI is InChI=1S/C19H18N2O11S3.2Na/c1-31-17-8-5-12(33(23,24)10-9-32-35(28,29)30)11-16(17)21-20-15-7-6-13-14(19(15)22)3-2-4-18(13)34(25,26)27;;/h2-8,11,22H,9-10H2,1H3,(H,25,26,27)(H,28,29,30);;. The minimum Gasteiger partial charge on any atom is -0.505 e. The van der Waals surface area contributed by atoms with Crippen LogP contribution in [0.25, 0.3) is 10.8 Å². The molecule has 0 saturated carbocycles. The molecule has 13 nitrogen and oxygen atoms in total. The van der Waals surface area contributed by atoms with Gasteiger partial charge in [0, 0.05) is 69.9 Å². The average Bonchev–Trinajstić information content (AvgIpc) is 2.76. The Balaban J connectivity index is 0.00000342. The van der Waals surface area contributed by atoms with Crippen molar-refractivity contribution in [2.24, 2.45) is 10.2 Å². The molecule has 0 fully saturated rings. The molecule has 0 aliphatic carbocycles. The predicted octanol–water partition coefficient (Wildman–Crippen LogP) is 2.05. The minimum atomic E-state index is -4.81. The topological polar surface area (TPSA) is 206 Å². The van der Waals surface area contributed by atoms with Crippen molar-refractivity contribution in [1.29, 1.82) is 0 Å². The number of nitrogens with zero attached hydrogens (tertiary/aromatic N) is 2. The fourth-order valence-electron chi connectivity index (χ4n) is 3.02. The van der Waals surface area contributed by atoms with Gasteiger partial charge in [0.25, 0.3) is 10.1 Å². The fraction of sp³-hybridized carbons (Fsp3) is 0.158. The molecule has 0 bridgehead atoms. The number of aromatic hydroxyl groups is 1. The second-order valence-corrected chi connectivity index (χ2v) is 11.5. The molecule has 0 atom stereocenters. The van der Waals surface area contributed by atoms with Crippen molar-refractivity contribution in [3.05, 3.63) is 48.5 Å². The fourth-order valence-corrected chi connectivity index (χ4v) is 5.23. The molecule has 0 aliphatic heterocycles. The molecule has 0 unspecified atom stereocenters. The number of hydrogen-bond donors (Lipinski definition) is 3. The van der Waals surface area contributed by atoms with Gasteiger partial charge in [-0.2, -0.15) is 16.8 Å². The SMILES string of the molecule is COc1ccc(S(=O)(=O)CCOS(=O)(=O)O)cc1N=Nc1ccc2c(S(=O)(=O)O)cccc2c1O.[Na].[Na]. The van der Waals surface area contributed by atoms with E-state index in [-0.39, 0.29) is 91.9 Å². The Kier molecular flexibility index (Phi) is 12.2. The molecule has 0 spiro atoms. The first-order chi connectivity index (χ1) is 16.2. The van der Waals surface area contributed by atoms with E-state index >= 15 is 0 Å². The van der Waals surface area contributed by atoms with E-state index in [9.17, 15) is 34.9 Å². The van der Waals surface area contributed by atoms with Gasteiger partial charge in [-0.3, -0.25) is 9.11 Å². The van der Waals surface area contributed by atoms with E-state index in [1.165, 1.54) is 43.5 Å². The second kappa shape index (κ2) is 13.3. The Labute approximate surface area is 257 Å². The molecule has 0 aliphatic rings. The van der Waals surface area contributed by atoms with Crippen molar-refractivity contribution in [1.82, 2.24) is 0 Å². The number of rotatable bonds is 9. The number of azo groups is 1. The van der Waals surface area contributed by atoms with Crippen LogP contribution in [0, 0.1) is 0 Å². The number of fused-ring (bicyclic) bond motifs is 1. The van der Waals surface area contributed by atoms with E-state index in [1.807, 2.05) is 0 Å². The first kappa shape index (κ1) is 33.9. The number of methoxy groups -OCH3 is 1. The van der Waals surface area contributed by atoms with Gasteiger partial charge < -0.3 is 9.84 Å². The van der Waals surface area contributed by atoms with Crippen LogP contribution in [-0.4, -0.2) is 118 Å². The normalized spacial score (nSPS) is 12.2. The smallest absolute Gasteiger partial charge is 0.397 e. The van der Waals surface area contributed by atoms with Crippen LogP contribution < -0.4 is 4.74 Å². The molecule has 3 aromatic carbocycles. The summed E-state index contributed by atoms with van der Waals surface area (Å²) in [6.07, 6.45) is 0. The first-order valence-electron chi connectivity index (χ1n) is 9.39. The Morgan fingerprint density at radius 1 is 0.838 bits per heavy atom. The van der Waals surface area contributed by atoms with Gasteiger partial charge in [-0.25, -0.2) is 12.6 Å². The zero-order valence-corrected chi connectivity index (χ0v) is 26.2. The Morgan fingerprint density at radius 2 is 1.49 bits per heavy atom. The largest absolute Gasteiger partial charge is 0.505 e. The van der Waals surface area contributed by atoms with Gasteiger partial charge >= 0.3 is 10.4 Å². The molecule has 0 aromatic heterocycles. The van der Waals surface area contributed by atoms with Gasteiger partial charge in [-0.15, -0.1) is 10.2 Å². The van der Waals surface area contributed by atoms with E-state index in [2.05, 4.69) is 14.4 Å². The van der Waals surface area contributed by atoms with Crippen LogP contribution in [-0.2, 0) is 34.5 Å². The summed E-state index contributed by atoms with van der Waals surface area (Å²) in [6.45, 7) is -0.819. The van der Waals surface area contributed by atoms with Crippen molar-refractivity contribution >= 4 is 112 Å². The number of sulfone groups is 1. The van der Waals surface area contributed by atoms with Gasteiger partial charge in [0.2, 0.25) is 0 Å². The van der Waals surface area contributed by atoms with Crippen LogP contribution in [0.4, 0.5) is 11.4 Å². The van der Waals surface area contributed by atoms with E-state index in [0.717, 1.165) is 12.1 Å². The third-order valence-corrected chi connectivity index (χ3v) is 7.66. The molecule has 0 amide bonds. The molecule has 190 valence electrons. The monoisotopic (exact) mass is 592 g/mol.